The van der Waals surface area contributed by atoms with Crippen LogP contribution >= 0.6 is 0 Å². The summed E-state index contributed by atoms with van der Waals surface area (Å²) >= 11 is 0. The van der Waals surface area contributed by atoms with Gasteiger partial charge >= 0.3 is 0 Å². The number of hydrogen-bond donors (Lipinski definition) is 0. The van der Waals surface area contributed by atoms with Crippen LogP contribution in [-0.2, 0) is 0 Å². The van der Waals surface area contributed by atoms with Crippen LogP contribution in [0, 0.1) is 5.92 Å². The zero-order chi connectivity index (χ0) is 12.0. The van der Waals surface area contributed by atoms with Crippen LogP contribution in [0.4, 0.5) is 5.95 Å². The average Bonchev–Trinajstić information content (AvgIpc) is 3.11. The van der Waals surface area contributed by atoms with Gasteiger partial charge < -0.3 is 4.90 Å². The highest BCUT2D eigenvalue weighted by atomic mass is 15.4. The Hall–Kier alpha value is -1.16. The van der Waals surface area contributed by atoms with E-state index in [9.17, 15) is 0 Å². The molecular formula is C14H20N4. The molecule has 0 aromatic carbocycles. The Morgan fingerprint density at radius 3 is 2.61 bits per heavy atom. The Morgan fingerprint density at radius 2 is 1.94 bits per heavy atom. The minimum Gasteiger partial charge on any atom is -0.339 e. The second-order valence-corrected chi connectivity index (χ2v) is 6.08. The first-order chi connectivity index (χ1) is 8.86. The van der Waals surface area contributed by atoms with Crippen molar-refractivity contribution in [1.29, 1.82) is 0 Å². The fourth-order valence-electron chi connectivity index (χ4n) is 3.43. The minimum absolute atomic E-state index is 0.460. The van der Waals surface area contributed by atoms with E-state index in [0.717, 1.165) is 25.0 Å². The molecule has 0 N–H and O–H groups in total. The molecule has 4 nitrogen and oxygen atoms in total. The Morgan fingerprint density at radius 1 is 1.17 bits per heavy atom. The van der Waals surface area contributed by atoms with Crippen LogP contribution in [0.15, 0.2) is 18.5 Å². The number of nitrogens with zero attached hydrogens (tertiary/aromatic N) is 4. The largest absolute Gasteiger partial charge is 0.339 e. The van der Waals surface area contributed by atoms with Gasteiger partial charge in [0, 0.05) is 44.1 Å². The Balaban J connectivity index is 1.46. The summed E-state index contributed by atoms with van der Waals surface area (Å²) in [6, 6.07) is 1.89. The molecule has 2 saturated heterocycles. The van der Waals surface area contributed by atoms with Crippen LogP contribution in [0.5, 0.6) is 0 Å². The highest BCUT2D eigenvalue weighted by Crippen LogP contribution is 2.42. The summed E-state index contributed by atoms with van der Waals surface area (Å²) in [5, 5.41) is 0. The van der Waals surface area contributed by atoms with Crippen molar-refractivity contribution < 1.29 is 0 Å². The molecule has 1 aromatic heterocycles. The van der Waals surface area contributed by atoms with Gasteiger partial charge in [0.1, 0.15) is 0 Å². The van der Waals surface area contributed by atoms with Crippen molar-refractivity contribution in [3.63, 3.8) is 0 Å². The Labute approximate surface area is 108 Å². The predicted octanol–water partition coefficient (Wildman–Crippen LogP) is 1.54. The monoisotopic (exact) mass is 244 g/mol. The normalized spacial score (nSPS) is 31.9. The number of anilines is 1. The zero-order valence-corrected chi connectivity index (χ0v) is 10.8. The van der Waals surface area contributed by atoms with Crippen LogP contribution in [0.3, 0.4) is 0 Å². The predicted molar refractivity (Wildman–Crippen MR) is 70.5 cm³/mol. The van der Waals surface area contributed by atoms with Crippen LogP contribution in [0.25, 0.3) is 0 Å². The van der Waals surface area contributed by atoms with Crippen molar-refractivity contribution in [3.05, 3.63) is 18.5 Å². The Kier molecular flexibility index (Phi) is 2.34. The van der Waals surface area contributed by atoms with Gasteiger partial charge in [-0.15, -0.1) is 0 Å². The molecule has 0 amide bonds. The molecule has 1 spiro atoms. The molecule has 1 atom stereocenters. The van der Waals surface area contributed by atoms with Crippen molar-refractivity contribution in [2.24, 2.45) is 5.92 Å². The van der Waals surface area contributed by atoms with Crippen LogP contribution in [0.2, 0.25) is 0 Å². The maximum Gasteiger partial charge on any atom is 0.225 e. The van der Waals surface area contributed by atoms with E-state index in [2.05, 4.69) is 19.8 Å². The number of aromatic nitrogens is 2. The lowest BCUT2D eigenvalue weighted by molar-refractivity contribution is -0.000884. The lowest BCUT2D eigenvalue weighted by Gasteiger charge is -2.51. The first-order valence-corrected chi connectivity index (χ1v) is 7.13. The van der Waals surface area contributed by atoms with Gasteiger partial charge in [-0.2, -0.15) is 0 Å². The molecule has 1 unspecified atom stereocenters. The molecule has 2 aliphatic heterocycles. The van der Waals surface area contributed by atoms with Gasteiger partial charge in [0.2, 0.25) is 5.95 Å². The molecule has 3 fully saturated rings. The quantitative estimate of drug-likeness (QED) is 0.807. The second kappa shape index (κ2) is 3.92. The maximum absolute atomic E-state index is 4.38. The molecule has 0 bridgehead atoms. The van der Waals surface area contributed by atoms with Crippen LogP contribution in [0.1, 0.15) is 25.7 Å². The summed E-state index contributed by atoms with van der Waals surface area (Å²) in [5.74, 6) is 1.91. The van der Waals surface area contributed by atoms with E-state index >= 15 is 0 Å². The van der Waals surface area contributed by atoms with Crippen molar-refractivity contribution >= 4 is 5.95 Å². The number of likely N-dealkylation sites (tertiary alicyclic amines) is 1. The van der Waals surface area contributed by atoms with Gasteiger partial charge in [-0.05, 0) is 37.7 Å². The Bertz CT molecular complexity index is 431. The smallest absolute Gasteiger partial charge is 0.225 e. The number of hydrogen-bond acceptors (Lipinski definition) is 4. The third-order valence-corrected chi connectivity index (χ3v) is 4.86. The zero-order valence-electron chi connectivity index (χ0n) is 10.8. The molecule has 4 heteroatoms. The van der Waals surface area contributed by atoms with E-state index in [4.69, 9.17) is 0 Å². The second-order valence-electron chi connectivity index (χ2n) is 6.08. The molecule has 3 aliphatic rings. The first-order valence-electron chi connectivity index (χ1n) is 7.13. The van der Waals surface area contributed by atoms with Gasteiger partial charge in [0.05, 0.1) is 0 Å². The van der Waals surface area contributed by atoms with E-state index in [1.54, 1.807) is 0 Å². The molecule has 3 heterocycles. The topological polar surface area (TPSA) is 32.3 Å². The SMILES string of the molecule is c1cnc(N2CCC3(CCN3CC3CC3)C2)nc1. The third-order valence-electron chi connectivity index (χ3n) is 4.86. The number of rotatable bonds is 3. The maximum atomic E-state index is 4.38. The standard InChI is InChI=1S/C14H20N4/c1-6-15-13(16-7-1)17-8-4-14(11-17)5-9-18(14)10-12-2-3-12/h1,6-7,12H,2-5,8-11H2. The highest BCUT2D eigenvalue weighted by Gasteiger charge is 2.50. The fraction of sp³-hybridized carbons (Fsp3) is 0.714. The van der Waals surface area contributed by atoms with E-state index < -0.39 is 0 Å². The minimum atomic E-state index is 0.460. The van der Waals surface area contributed by atoms with E-state index in [1.165, 1.54) is 38.8 Å². The van der Waals surface area contributed by atoms with Gasteiger partial charge in [-0.3, -0.25) is 4.90 Å². The van der Waals surface area contributed by atoms with Crippen LogP contribution in [-0.4, -0.2) is 46.6 Å². The third kappa shape index (κ3) is 1.70. The summed E-state index contributed by atoms with van der Waals surface area (Å²) in [5.41, 5.74) is 0.460. The summed E-state index contributed by atoms with van der Waals surface area (Å²) in [6.07, 6.45) is 9.25. The van der Waals surface area contributed by atoms with E-state index in [-0.39, 0.29) is 0 Å². The van der Waals surface area contributed by atoms with Crippen molar-refractivity contribution in [1.82, 2.24) is 14.9 Å². The molecule has 1 aromatic rings. The van der Waals surface area contributed by atoms with E-state index in [0.29, 0.717) is 5.54 Å². The highest BCUT2D eigenvalue weighted by molar-refractivity contribution is 5.34. The van der Waals surface area contributed by atoms with Crippen molar-refractivity contribution in [2.45, 2.75) is 31.2 Å². The van der Waals surface area contributed by atoms with Crippen molar-refractivity contribution in [2.75, 3.05) is 31.1 Å². The molecule has 1 saturated carbocycles. The summed E-state index contributed by atoms with van der Waals surface area (Å²) in [6.45, 7) is 4.89. The van der Waals surface area contributed by atoms with Gasteiger partial charge in [-0.1, -0.05) is 0 Å². The lowest BCUT2D eigenvalue weighted by Crippen LogP contribution is -2.61. The first kappa shape index (κ1) is 10.7. The lowest BCUT2D eigenvalue weighted by atomic mass is 9.83. The van der Waals surface area contributed by atoms with E-state index in [1.807, 2.05) is 18.5 Å². The summed E-state index contributed by atoms with van der Waals surface area (Å²) in [7, 11) is 0. The van der Waals surface area contributed by atoms with Crippen LogP contribution < -0.4 is 4.90 Å². The summed E-state index contributed by atoms with van der Waals surface area (Å²) in [4.78, 5) is 13.8. The molecule has 4 rings (SSSR count). The molecular weight excluding hydrogens is 224 g/mol. The fourth-order valence-corrected chi connectivity index (χ4v) is 3.43. The molecule has 0 radical (unpaired) electrons. The summed E-state index contributed by atoms with van der Waals surface area (Å²) < 4.78 is 0. The van der Waals surface area contributed by atoms with Gasteiger partial charge in [-0.25, -0.2) is 9.97 Å². The van der Waals surface area contributed by atoms with Crippen molar-refractivity contribution in [3.8, 4) is 0 Å². The molecule has 18 heavy (non-hydrogen) atoms. The molecule has 96 valence electrons. The average molecular weight is 244 g/mol. The van der Waals surface area contributed by atoms with Gasteiger partial charge in [0.25, 0.3) is 0 Å². The molecule has 1 aliphatic carbocycles. The van der Waals surface area contributed by atoms with Gasteiger partial charge in [0.15, 0.2) is 0 Å².